The van der Waals surface area contributed by atoms with E-state index in [4.69, 9.17) is 0 Å². The molecule has 2 aromatic rings. The van der Waals surface area contributed by atoms with E-state index < -0.39 is 20.0 Å². The van der Waals surface area contributed by atoms with Crippen molar-refractivity contribution in [3.05, 3.63) is 66.0 Å². The molecule has 1 heterocycles. The smallest absolute Gasteiger partial charge is 0.208 e. The van der Waals surface area contributed by atoms with Crippen LogP contribution in [0.2, 0.25) is 0 Å². The molecule has 1 N–H and O–H groups in total. The van der Waals surface area contributed by atoms with E-state index in [9.17, 15) is 21.2 Å². The molecule has 9 heteroatoms. The van der Waals surface area contributed by atoms with E-state index in [1.807, 2.05) is 6.08 Å². The fourth-order valence-electron chi connectivity index (χ4n) is 4.24. The summed E-state index contributed by atoms with van der Waals surface area (Å²) < 4.78 is 68.6. The van der Waals surface area contributed by atoms with Gasteiger partial charge in [-0.25, -0.2) is 25.9 Å². The molecule has 0 unspecified atom stereocenters. The van der Waals surface area contributed by atoms with Gasteiger partial charge in [-0.2, -0.15) is 4.31 Å². The summed E-state index contributed by atoms with van der Waals surface area (Å²) in [6.07, 6.45) is 7.16. The molecular weight excluding hydrogens is 451 g/mol. The molecule has 0 saturated heterocycles. The Morgan fingerprint density at radius 3 is 2.06 bits per heavy atom. The molecule has 0 radical (unpaired) electrons. The summed E-state index contributed by atoms with van der Waals surface area (Å²) in [6, 6.07) is 11.5. The second-order valence-corrected chi connectivity index (χ2v) is 11.9. The van der Waals surface area contributed by atoms with E-state index in [0.717, 1.165) is 43.2 Å². The van der Waals surface area contributed by atoms with Gasteiger partial charge in [0, 0.05) is 19.1 Å². The van der Waals surface area contributed by atoms with Gasteiger partial charge in [0.1, 0.15) is 5.82 Å². The van der Waals surface area contributed by atoms with Gasteiger partial charge in [0.15, 0.2) is 0 Å². The third-order valence-electron chi connectivity index (χ3n) is 6.09. The summed E-state index contributed by atoms with van der Waals surface area (Å²) in [7, 11) is -7.43. The zero-order valence-electron chi connectivity index (χ0n) is 17.7. The molecular formula is C23H27FN2O4S2. The Labute approximate surface area is 189 Å². The van der Waals surface area contributed by atoms with Crippen molar-refractivity contribution in [2.75, 3.05) is 13.1 Å². The molecule has 6 nitrogen and oxygen atoms in total. The second-order valence-electron chi connectivity index (χ2n) is 8.28. The van der Waals surface area contributed by atoms with Crippen LogP contribution in [0, 0.1) is 5.82 Å². The minimum atomic E-state index is -3.75. The highest BCUT2D eigenvalue weighted by Crippen LogP contribution is 2.27. The van der Waals surface area contributed by atoms with Gasteiger partial charge in [-0.3, -0.25) is 0 Å². The van der Waals surface area contributed by atoms with Crippen LogP contribution >= 0.6 is 0 Å². The van der Waals surface area contributed by atoms with Crippen LogP contribution in [0.25, 0.3) is 5.57 Å². The first-order valence-electron chi connectivity index (χ1n) is 10.8. The van der Waals surface area contributed by atoms with E-state index in [1.165, 1.54) is 40.7 Å². The highest BCUT2D eigenvalue weighted by Gasteiger charge is 2.27. The maximum absolute atomic E-state index is 13.1. The van der Waals surface area contributed by atoms with Crippen molar-refractivity contribution in [2.45, 2.75) is 54.4 Å². The molecule has 1 fully saturated rings. The number of halogens is 1. The van der Waals surface area contributed by atoms with Crippen LogP contribution in [0.5, 0.6) is 0 Å². The third-order valence-corrected chi connectivity index (χ3v) is 9.50. The van der Waals surface area contributed by atoms with Crippen LogP contribution in [0.4, 0.5) is 4.39 Å². The number of benzene rings is 2. The average molecular weight is 479 g/mol. The van der Waals surface area contributed by atoms with Gasteiger partial charge in [-0.1, -0.05) is 37.5 Å². The Kier molecular flexibility index (Phi) is 6.80. The lowest BCUT2D eigenvalue weighted by molar-refractivity contribution is 0.412. The molecule has 0 amide bonds. The van der Waals surface area contributed by atoms with E-state index in [-0.39, 0.29) is 28.2 Å². The lowest BCUT2D eigenvalue weighted by Crippen LogP contribution is -2.36. The Hall–Kier alpha value is -2.07. The molecule has 1 aliphatic carbocycles. The molecule has 4 rings (SSSR count). The SMILES string of the molecule is O=S(=O)(NC1CCCCC1)c1ccc(S(=O)(=O)N2CC=C(c3ccc(F)cc3)CC2)cc1. The zero-order valence-corrected chi connectivity index (χ0v) is 19.3. The highest BCUT2D eigenvalue weighted by atomic mass is 32.2. The standard InChI is InChI=1S/C23H27FN2O4S2/c24-20-8-6-18(7-9-20)19-14-16-26(17-15-19)32(29,30)23-12-10-22(11-13-23)31(27,28)25-21-4-2-1-3-5-21/h6-14,21,25H,1-5,15-17H2. The van der Waals surface area contributed by atoms with Crippen LogP contribution in [-0.2, 0) is 20.0 Å². The lowest BCUT2D eigenvalue weighted by atomic mass is 9.96. The third kappa shape index (κ3) is 5.11. The first-order chi connectivity index (χ1) is 15.3. The van der Waals surface area contributed by atoms with Crippen molar-refractivity contribution in [1.29, 1.82) is 0 Å². The lowest BCUT2D eigenvalue weighted by Gasteiger charge is -2.26. The molecule has 32 heavy (non-hydrogen) atoms. The van der Waals surface area contributed by atoms with Gasteiger partial charge in [0.25, 0.3) is 0 Å². The molecule has 2 aromatic carbocycles. The van der Waals surface area contributed by atoms with Crippen molar-refractivity contribution in [3.8, 4) is 0 Å². The molecule has 172 valence electrons. The normalized spacial score (nSPS) is 19.0. The maximum atomic E-state index is 13.1. The number of rotatable bonds is 6. The number of sulfonamides is 2. The number of nitrogens with zero attached hydrogens (tertiary/aromatic N) is 1. The summed E-state index contributed by atoms with van der Waals surface area (Å²) in [4.78, 5) is 0.131. The van der Waals surface area contributed by atoms with Crippen molar-refractivity contribution in [2.24, 2.45) is 0 Å². The molecule has 2 aliphatic rings. The first-order valence-corrected chi connectivity index (χ1v) is 13.8. The molecule has 0 bridgehead atoms. The molecule has 0 aromatic heterocycles. The second kappa shape index (κ2) is 9.43. The van der Waals surface area contributed by atoms with Crippen molar-refractivity contribution in [3.63, 3.8) is 0 Å². The summed E-state index contributed by atoms with van der Waals surface area (Å²) >= 11 is 0. The summed E-state index contributed by atoms with van der Waals surface area (Å²) in [6.45, 7) is 0.507. The molecule has 0 spiro atoms. The van der Waals surface area contributed by atoms with Gasteiger partial charge >= 0.3 is 0 Å². The van der Waals surface area contributed by atoms with Crippen LogP contribution in [0.1, 0.15) is 44.1 Å². The Morgan fingerprint density at radius 2 is 1.47 bits per heavy atom. The van der Waals surface area contributed by atoms with Gasteiger partial charge in [0.2, 0.25) is 20.0 Å². The quantitative estimate of drug-likeness (QED) is 0.682. The Bertz CT molecular complexity index is 1190. The average Bonchev–Trinajstić information content (AvgIpc) is 2.80. The predicted octanol–water partition coefficient (Wildman–Crippen LogP) is 3.91. The van der Waals surface area contributed by atoms with E-state index in [0.29, 0.717) is 13.0 Å². The van der Waals surface area contributed by atoms with Crippen LogP contribution < -0.4 is 4.72 Å². The van der Waals surface area contributed by atoms with Gasteiger partial charge in [-0.05, 0) is 66.8 Å². The number of hydrogen-bond donors (Lipinski definition) is 1. The topological polar surface area (TPSA) is 83.5 Å². The highest BCUT2D eigenvalue weighted by molar-refractivity contribution is 7.89. The largest absolute Gasteiger partial charge is 0.243 e. The van der Waals surface area contributed by atoms with E-state index in [2.05, 4.69) is 4.72 Å². The fraction of sp³-hybridized carbons (Fsp3) is 0.391. The van der Waals surface area contributed by atoms with E-state index in [1.54, 1.807) is 12.1 Å². The van der Waals surface area contributed by atoms with Crippen LogP contribution in [-0.4, -0.2) is 40.3 Å². The van der Waals surface area contributed by atoms with Crippen LogP contribution in [0.3, 0.4) is 0 Å². The Morgan fingerprint density at radius 1 is 0.844 bits per heavy atom. The van der Waals surface area contributed by atoms with Crippen molar-refractivity contribution < 1.29 is 21.2 Å². The zero-order chi connectivity index (χ0) is 22.8. The fourth-order valence-corrected chi connectivity index (χ4v) is 6.93. The molecule has 1 aliphatic heterocycles. The van der Waals surface area contributed by atoms with Gasteiger partial charge in [0.05, 0.1) is 9.79 Å². The number of hydrogen-bond acceptors (Lipinski definition) is 4. The monoisotopic (exact) mass is 478 g/mol. The van der Waals surface area contributed by atoms with Gasteiger partial charge < -0.3 is 0 Å². The van der Waals surface area contributed by atoms with Crippen molar-refractivity contribution in [1.82, 2.24) is 9.03 Å². The number of nitrogens with one attached hydrogen (secondary N) is 1. The summed E-state index contributed by atoms with van der Waals surface area (Å²) in [5.41, 5.74) is 1.86. The Balaban J connectivity index is 1.45. The van der Waals surface area contributed by atoms with Gasteiger partial charge in [-0.15, -0.1) is 0 Å². The summed E-state index contributed by atoms with van der Waals surface area (Å²) in [5.74, 6) is -0.311. The van der Waals surface area contributed by atoms with E-state index >= 15 is 0 Å². The first kappa shape index (κ1) is 23.1. The minimum absolute atomic E-state index is 0.0624. The molecule has 1 saturated carbocycles. The maximum Gasteiger partial charge on any atom is 0.243 e. The minimum Gasteiger partial charge on any atom is -0.208 e. The van der Waals surface area contributed by atoms with Crippen LogP contribution in [0.15, 0.2) is 64.4 Å². The predicted molar refractivity (Wildman–Crippen MR) is 121 cm³/mol. The molecule has 0 atom stereocenters. The summed E-state index contributed by atoms with van der Waals surface area (Å²) in [5, 5.41) is 0. The van der Waals surface area contributed by atoms with Crippen molar-refractivity contribution >= 4 is 25.6 Å².